The number of halogens is 1. The first-order valence-corrected chi connectivity index (χ1v) is 15.3. The van der Waals surface area contributed by atoms with Crippen molar-refractivity contribution in [3.8, 4) is 17.2 Å². The average molecular weight is 579 g/mol. The van der Waals surface area contributed by atoms with Gasteiger partial charge in [-0.1, -0.05) is 52.0 Å². The van der Waals surface area contributed by atoms with Gasteiger partial charge in [-0.2, -0.15) is 5.26 Å². The van der Waals surface area contributed by atoms with E-state index in [0.29, 0.717) is 5.56 Å². The number of hydrogen-bond donors (Lipinski definition) is 1. The monoisotopic (exact) mass is 578 g/mol. The molecule has 2 aromatic rings. The van der Waals surface area contributed by atoms with Gasteiger partial charge in [0.25, 0.3) is 0 Å². The first kappa shape index (κ1) is 33.1. The molecule has 8 heteroatoms. The lowest BCUT2D eigenvalue weighted by molar-refractivity contribution is -0.128. The number of benzene rings is 2. The Kier molecular flexibility index (Phi) is 11.1. The third-order valence-corrected chi connectivity index (χ3v) is 7.83. The van der Waals surface area contributed by atoms with E-state index in [9.17, 15) is 14.9 Å². The second-order valence-corrected chi connectivity index (χ2v) is 11.9. The lowest BCUT2D eigenvalue weighted by Crippen LogP contribution is -2.55. The molecule has 5 rings (SSSR count). The molecule has 2 fully saturated rings. The van der Waals surface area contributed by atoms with Gasteiger partial charge in [0.1, 0.15) is 23.5 Å². The summed E-state index contributed by atoms with van der Waals surface area (Å²) in [4.78, 5) is 30.0. The van der Waals surface area contributed by atoms with Crippen molar-refractivity contribution in [2.45, 2.75) is 111 Å². The van der Waals surface area contributed by atoms with Crippen LogP contribution in [0.2, 0.25) is 0 Å². The zero-order valence-electron chi connectivity index (χ0n) is 26.5. The fourth-order valence-electron chi connectivity index (χ4n) is 6.15. The van der Waals surface area contributed by atoms with Crippen LogP contribution in [0.4, 0.5) is 9.18 Å². The summed E-state index contributed by atoms with van der Waals surface area (Å²) in [6, 6.07) is 11.7. The number of fused-ring (bicyclic) bond motifs is 3. The number of piperidine rings is 1. The lowest BCUT2D eigenvalue weighted by atomic mass is 9.96. The van der Waals surface area contributed by atoms with Gasteiger partial charge in [0.2, 0.25) is 5.91 Å². The van der Waals surface area contributed by atoms with Crippen LogP contribution in [0.3, 0.4) is 0 Å². The molecule has 1 N–H and O–H groups in total. The summed E-state index contributed by atoms with van der Waals surface area (Å²) in [6.45, 7) is 15.2. The van der Waals surface area contributed by atoms with Crippen LogP contribution in [0.1, 0.15) is 84.4 Å². The molecule has 7 nitrogen and oxygen atoms in total. The van der Waals surface area contributed by atoms with Gasteiger partial charge in [0.05, 0.1) is 6.07 Å². The second-order valence-electron chi connectivity index (χ2n) is 11.9. The molecule has 3 unspecified atom stereocenters. The Balaban J connectivity index is 0.00000116. The highest BCUT2D eigenvalue weighted by atomic mass is 19.1. The first-order chi connectivity index (χ1) is 20.0. The van der Waals surface area contributed by atoms with E-state index in [1.165, 1.54) is 17.2 Å². The molecular formula is C34H47FN4O3. The van der Waals surface area contributed by atoms with E-state index >= 15 is 4.39 Å². The number of nitriles is 1. The molecule has 2 aliphatic heterocycles. The Morgan fingerprint density at radius 3 is 2.33 bits per heavy atom. The molecule has 1 saturated carbocycles. The molecular weight excluding hydrogens is 531 g/mol. The van der Waals surface area contributed by atoms with Crippen LogP contribution >= 0.6 is 0 Å². The molecule has 228 valence electrons. The van der Waals surface area contributed by atoms with E-state index in [1.807, 2.05) is 39.8 Å². The van der Waals surface area contributed by atoms with Crippen molar-refractivity contribution in [2.24, 2.45) is 5.92 Å². The molecule has 2 aromatic carbocycles. The molecule has 1 saturated heterocycles. The third-order valence-electron chi connectivity index (χ3n) is 7.83. The van der Waals surface area contributed by atoms with Crippen molar-refractivity contribution in [3.05, 3.63) is 58.9 Å². The standard InChI is InChI=1S/C30H35FN4O3.2C2H6/c1-30(2,3)38-29(37)35-25-10-9-21(13-25)27(35)28(36)33-24(15-32)12-20-7-5-19(14-26(20)31)18-6-8-22-16-34(4)17-23(22)11-18;2*1-2/h5-8,11,14,21,24-25,27H,9-10,12-13,16-17H2,1-4H3,(H,33,36);2*1-2H3/t21?,24-,25?,27?;;/m0../s1. The number of nitrogens with one attached hydrogen (secondary N) is 1. The fourth-order valence-corrected chi connectivity index (χ4v) is 6.15. The molecule has 42 heavy (non-hydrogen) atoms. The highest BCUT2D eigenvalue weighted by Gasteiger charge is 2.52. The van der Waals surface area contributed by atoms with Gasteiger partial charge in [0, 0.05) is 25.6 Å². The van der Waals surface area contributed by atoms with Crippen LogP contribution in [-0.2, 0) is 29.0 Å². The van der Waals surface area contributed by atoms with Gasteiger partial charge in [-0.25, -0.2) is 9.18 Å². The second kappa shape index (κ2) is 14.2. The smallest absolute Gasteiger partial charge is 0.411 e. The van der Waals surface area contributed by atoms with E-state index in [-0.39, 0.29) is 24.3 Å². The number of carbonyl (C=O) groups is 2. The number of likely N-dealkylation sites (tertiary alicyclic amines) is 1. The van der Waals surface area contributed by atoms with Crippen LogP contribution in [-0.4, -0.2) is 52.6 Å². The minimum atomic E-state index is -0.919. The van der Waals surface area contributed by atoms with Gasteiger partial charge in [-0.05, 0) is 92.9 Å². The number of hydrogen-bond acceptors (Lipinski definition) is 5. The largest absolute Gasteiger partial charge is 0.444 e. The summed E-state index contributed by atoms with van der Waals surface area (Å²) < 4.78 is 20.7. The summed E-state index contributed by atoms with van der Waals surface area (Å²) in [6.07, 6.45) is 1.99. The predicted molar refractivity (Wildman–Crippen MR) is 164 cm³/mol. The maximum atomic E-state index is 15.2. The van der Waals surface area contributed by atoms with Crippen LogP contribution < -0.4 is 5.32 Å². The lowest BCUT2D eigenvalue weighted by Gasteiger charge is -2.35. The molecule has 3 aliphatic rings. The van der Waals surface area contributed by atoms with Crippen molar-refractivity contribution < 1.29 is 18.7 Å². The van der Waals surface area contributed by atoms with E-state index in [0.717, 1.165) is 43.5 Å². The Labute approximate surface area is 251 Å². The molecule has 1 aliphatic carbocycles. The van der Waals surface area contributed by atoms with Gasteiger partial charge >= 0.3 is 6.09 Å². The van der Waals surface area contributed by atoms with Crippen LogP contribution in [0.5, 0.6) is 0 Å². The maximum absolute atomic E-state index is 15.2. The number of nitrogens with zero attached hydrogens (tertiary/aromatic N) is 3. The summed E-state index contributed by atoms with van der Waals surface area (Å²) in [5, 5.41) is 12.6. The van der Waals surface area contributed by atoms with E-state index in [4.69, 9.17) is 4.74 Å². The SMILES string of the molecule is CC.CC.CN1Cc2ccc(-c3ccc(C[C@@H](C#N)NC(=O)C4C5CCC(C5)N4C(=O)OC(C)(C)C)c(F)c3)cc2C1. The molecule has 0 aromatic heterocycles. The molecule has 0 spiro atoms. The van der Waals surface area contributed by atoms with Gasteiger partial charge in [-0.3, -0.25) is 14.6 Å². The highest BCUT2D eigenvalue weighted by Crippen LogP contribution is 2.43. The Morgan fingerprint density at radius 2 is 1.69 bits per heavy atom. The summed E-state index contributed by atoms with van der Waals surface area (Å²) >= 11 is 0. The Bertz CT molecular complexity index is 1300. The minimum Gasteiger partial charge on any atom is -0.444 e. The molecule has 2 amide bonds. The first-order valence-electron chi connectivity index (χ1n) is 15.3. The zero-order chi connectivity index (χ0) is 31.2. The Morgan fingerprint density at radius 1 is 1.05 bits per heavy atom. The minimum absolute atomic E-state index is 0.0317. The topological polar surface area (TPSA) is 85.7 Å². The quantitative estimate of drug-likeness (QED) is 0.420. The van der Waals surface area contributed by atoms with Gasteiger partial charge in [0.15, 0.2) is 0 Å². The van der Waals surface area contributed by atoms with E-state index in [1.54, 1.807) is 31.7 Å². The summed E-state index contributed by atoms with van der Waals surface area (Å²) in [5.41, 5.74) is 3.96. The van der Waals surface area contributed by atoms with E-state index in [2.05, 4.69) is 35.5 Å². The maximum Gasteiger partial charge on any atom is 0.411 e. The third kappa shape index (κ3) is 7.49. The fraction of sp³-hybridized carbons (Fsp3) is 0.559. The number of amides is 2. The molecule has 2 bridgehead atoms. The molecule has 2 heterocycles. The van der Waals surface area contributed by atoms with Crippen LogP contribution in [0.15, 0.2) is 36.4 Å². The number of carbonyl (C=O) groups excluding carboxylic acids is 2. The zero-order valence-corrected chi connectivity index (χ0v) is 26.5. The molecule has 4 atom stereocenters. The van der Waals surface area contributed by atoms with E-state index < -0.39 is 29.6 Å². The number of rotatable bonds is 5. The predicted octanol–water partition coefficient (Wildman–Crippen LogP) is 6.83. The van der Waals surface area contributed by atoms with Crippen molar-refractivity contribution in [1.29, 1.82) is 5.26 Å². The average Bonchev–Trinajstić information content (AvgIpc) is 3.68. The normalized spacial score (nSPS) is 21.2. The summed E-state index contributed by atoms with van der Waals surface area (Å²) in [7, 11) is 2.07. The van der Waals surface area contributed by atoms with Crippen molar-refractivity contribution in [2.75, 3.05) is 7.05 Å². The van der Waals surface area contributed by atoms with Crippen molar-refractivity contribution in [3.63, 3.8) is 0 Å². The van der Waals surface area contributed by atoms with Crippen molar-refractivity contribution in [1.82, 2.24) is 15.1 Å². The summed E-state index contributed by atoms with van der Waals surface area (Å²) in [5.74, 6) is -0.755. The van der Waals surface area contributed by atoms with Crippen LogP contribution in [0.25, 0.3) is 11.1 Å². The number of ether oxygens (including phenoxy) is 1. The highest BCUT2D eigenvalue weighted by molar-refractivity contribution is 5.87. The van der Waals surface area contributed by atoms with Crippen molar-refractivity contribution >= 4 is 12.0 Å². The van der Waals surface area contributed by atoms with Gasteiger partial charge in [-0.15, -0.1) is 0 Å². The Hall–Kier alpha value is -3.44. The molecule has 0 radical (unpaired) electrons. The van der Waals surface area contributed by atoms with Crippen LogP contribution in [0, 0.1) is 23.1 Å². The van der Waals surface area contributed by atoms with Gasteiger partial charge < -0.3 is 10.1 Å².